The van der Waals surface area contributed by atoms with Crippen molar-refractivity contribution in [2.24, 2.45) is 0 Å². The van der Waals surface area contributed by atoms with Crippen molar-refractivity contribution in [3.05, 3.63) is 81.5 Å². The summed E-state index contributed by atoms with van der Waals surface area (Å²) in [5, 5.41) is 5.49. The molecule has 0 amide bonds. The summed E-state index contributed by atoms with van der Waals surface area (Å²) in [7, 11) is 0. The summed E-state index contributed by atoms with van der Waals surface area (Å²) in [6.45, 7) is 1.88. The predicted molar refractivity (Wildman–Crippen MR) is 117 cm³/mol. The number of halogens is 1. The molecular formula is C22H23ClN4OS. The summed E-state index contributed by atoms with van der Waals surface area (Å²) in [5.41, 5.74) is 1.25. The Morgan fingerprint density at radius 1 is 0.966 bits per heavy atom. The lowest BCUT2D eigenvalue weighted by atomic mass is 10.1. The van der Waals surface area contributed by atoms with Crippen molar-refractivity contribution in [1.29, 1.82) is 0 Å². The fraction of sp³-hybridized carbons (Fsp3) is 0.364. The smallest absolute Gasteiger partial charge is 0.271 e. The van der Waals surface area contributed by atoms with Crippen molar-refractivity contribution in [3.8, 4) is 0 Å². The van der Waals surface area contributed by atoms with Crippen molar-refractivity contribution in [2.75, 3.05) is 13.1 Å². The molecule has 29 heavy (non-hydrogen) atoms. The number of rotatable bonds is 4. The SMILES string of the molecule is O=c1n(C2CCN(Sc3ccc(Cl)cc3)CC2)nc2n1C(c1ccccc1)CC2. The van der Waals surface area contributed by atoms with E-state index in [9.17, 15) is 4.79 Å². The van der Waals surface area contributed by atoms with Crippen LogP contribution in [0, 0.1) is 0 Å². The molecule has 1 atom stereocenters. The first kappa shape index (κ1) is 19.0. The zero-order valence-electron chi connectivity index (χ0n) is 16.1. The van der Waals surface area contributed by atoms with E-state index in [0.29, 0.717) is 0 Å². The molecule has 1 aromatic heterocycles. The topological polar surface area (TPSA) is 43.1 Å². The zero-order chi connectivity index (χ0) is 19.8. The van der Waals surface area contributed by atoms with Crippen LogP contribution in [0.15, 0.2) is 64.3 Å². The van der Waals surface area contributed by atoms with Crippen LogP contribution in [0.5, 0.6) is 0 Å². The van der Waals surface area contributed by atoms with Crippen LogP contribution in [0.4, 0.5) is 0 Å². The molecule has 3 aromatic rings. The normalized spacial score (nSPS) is 20.1. The number of hydrogen-bond donors (Lipinski definition) is 0. The van der Waals surface area contributed by atoms with Crippen LogP contribution in [0.25, 0.3) is 0 Å². The first-order chi connectivity index (χ1) is 14.2. The van der Waals surface area contributed by atoms with Gasteiger partial charge in [0.2, 0.25) is 0 Å². The Balaban J connectivity index is 1.29. The Morgan fingerprint density at radius 3 is 2.41 bits per heavy atom. The van der Waals surface area contributed by atoms with Crippen LogP contribution in [0.2, 0.25) is 5.02 Å². The standard InChI is InChI=1S/C22H23ClN4OS/c23-17-6-8-19(9-7-17)29-25-14-12-18(13-15-25)27-22(28)26-20(10-11-21(26)24-27)16-4-2-1-3-5-16/h1-9,18,20H,10-15H2. The minimum Gasteiger partial charge on any atom is -0.271 e. The molecule has 0 radical (unpaired) electrons. The van der Waals surface area contributed by atoms with Gasteiger partial charge < -0.3 is 0 Å². The van der Waals surface area contributed by atoms with Gasteiger partial charge in [0.15, 0.2) is 0 Å². The molecule has 150 valence electrons. The van der Waals surface area contributed by atoms with E-state index in [1.54, 1.807) is 16.6 Å². The van der Waals surface area contributed by atoms with Crippen LogP contribution in [-0.2, 0) is 6.42 Å². The van der Waals surface area contributed by atoms with Gasteiger partial charge in [0.05, 0.1) is 12.1 Å². The van der Waals surface area contributed by atoms with Crippen LogP contribution >= 0.6 is 23.5 Å². The van der Waals surface area contributed by atoms with E-state index in [4.69, 9.17) is 16.7 Å². The molecular weight excluding hydrogens is 404 g/mol. The van der Waals surface area contributed by atoms with Crippen molar-refractivity contribution in [2.45, 2.75) is 42.7 Å². The molecule has 0 saturated carbocycles. The number of aromatic nitrogens is 3. The molecule has 2 aliphatic rings. The molecule has 5 rings (SSSR count). The van der Waals surface area contributed by atoms with Gasteiger partial charge in [-0.2, -0.15) is 5.10 Å². The number of aryl methyl sites for hydroxylation is 1. The van der Waals surface area contributed by atoms with E-state index in [2.05, 4.69) is 16.4 Å². The van der Waals surface area contributed by atoms with Crippen molar-refractivity contribution in [1.82, 2.24) is 18.7 Å². The maximum atomic E-state index is 13.2. The molecule has 7 heteroatoms. The molecule has 0 spiro atoms. The number of fused-ring (bicyclic) bond motifs is 1. The molecule has 5 nitrogen and oxygen atoms in total. The lowest BCUT2D eigenvalue weighted by Gasteiger charge is -2.30. The molecule has 0 bridgehead atoms. The first-order valence-electron chi connectivity index (χ1n) is 10.1. The van der Waals surface area contributed by atoms with Gasteiger partial charge >= 0.3 is 5.69 Å². The quantitative estimate of drug-likeness (QED) is 0.573. The third kappa shape index (κ3) is 3.77. The van der Waals surface area contributed by atoms with Gasteiger partial charge in [-0.25, -0.2) is 13.8 Å². The summed E-state index contributed by atoms with van der Waals surface area (Å²) in [4.78, 5) is 14.4. The monoisotopic (exact) mass is 426 g/mol. The summed E-state index contributed by atoms with van der Waals surface area (Å²) in [5.74, 6) is 0.932. The van der Waals surface area contributed by atoms with Gasteiger partial charge in [0.1, 0.15) is 5.82 Å². The third-order valence-electron chi connectivity index (χ3n) is 5.86. The molecule has 1 unspecified atom stereocenters. The molecule has 3 heterocycles. The summed E-state index contributed by atoms with van der Waals surface area (Å²) in [6.07, 6.45) is 3.70. The Morgan fingerprint density at radius 2 is 1.69 bits per heavy atom. The minimum atomic E-state index is 0.0511. The minimum absolute atomic E-state index is 0.0511. The highest BCUT2D eigenvalue weighted by Crippen LogP contribution is 2.32. The van der Waals surface area contributed by atoms with Crippen molar-refractivity contribution >= 4 is 23.5 Å². The van der Waals surface area contributed by atoms with Crippen LogP contribution < -0.4 is 5.69 Å². The Kier molecular flexibility index (Phi) is 5.24. The summed E-state index contributed by atoms with van der Waals surface area (Å²) < 4.78 is 6.04. The highest BCUT2D eigenvalue weighted by Gasteiger charge is 2.32. The van der Waals surface area contributed by atoms with E-state index >= 15 is 0 Å². The maximum absolute atomic E-state index is 13.2. The van der Waals surface area contributed by atoms with E-state index in [1.165, 1.54) is 10.5 Å². The molecule has 2 aromatic carbocycles. The Bertz CT molecular complexity index is 1040. The second-order valence-electron chi connectivity index (χ2n) is 7.68. The van der Waals surface area contributed by atoms with Crippen molar-refractivity contribution in [3.63, 3.8) is 0 Å². The van der Waals surface area contributed by atoms with E-state index in [0.717, 1.165) is 49.6 Å². The average molecular weight is 427 g/mol. The van der Waals surface area contributed by atoms with Crippen LogP contribution in [-0.4, -0.2) is 31.7 Å². The maximum Gasteiger partial charge on any atom is 0.346 e. The fourth-order valence-corrected chi connectivity index (χ4v) is 5.44. The summed E-state index contributed by atoms with van der Waals surface area (Å²) >= 11 is 7.73. The van der Waals surface area contributed by atoms with Gasteiger partial charge in [0, 0.05) is 29.4 Å². The Labute approximate surface area is 179 Å². The summed E-state index contributed by atoms with van der Waals surface area (Å²) in [6, 6.07) is 18.5. The molecule has 0 N–H and O–H groups in total. The number of nitrogens with zero attached hydrogens (tertiary/aromatic N) is 4. The van der Waals surface area contributed by atoms with Gasteiger partial charge in [-0.3, -0.25) is 4.57 Å². The lowest BCUT2D eigenvalue weighted by Crippen LogP contribution is -2.36. The van der Waals surface area contributed by atoms with E-state index in [-0.39, 0.29) is 17.8 Å². The highest BCUT2D eigenvalue weighted by atomic mass is 35.5. The van der Waals surface area contributed by atoms with Gasteiger partial charge in [-0.1, -0.05) is 41.9 Å². The van der Waals surface area contributed by atoms with Gasteiger partial charge in [-0.15, -0.1) is 0 Å². The number of benzene rings is 2. The predicted octanol–water partition coefficient (Wildman–Crippen LogP) is 4.58. The Hall–Kier alpha value is -2.02. The van der Waals surface area contributed by atoms with E-state index in [1.807, 2.05) is 47.0 Å². The highest BCUT2D eigenvalue weighted by molar-refractivity contribution is 7.97. The third-order valence-corrected chi connectivity index (χ3v) is 7.22. The van der Waals surface area contributed by atoms with Gasteiger partial charge in [-0.05, 0) is 61.0 Å². The largest absolute Gasteiger partial charge is 0.346 e. The lowest BCUT2D eigenvalue weighted by molar-refractivity contribution is 0.268. The van der Waals surface area contributed by atoms with Crippen LogP contribution in [0.3, 0.4) is 0 Å². The molecule has 2 aliphatic heterocycles. The van der Waals surface area contributed by atoms with Crippen LogP contribution in [0.1, 0.15) is 42.7 Å². The fourth-order valence-electron chi connectivity index (χ4n) is 4.37. The zero-order valence-corrected chi connectivity index (χ0v) is 17.6. The first-order valence-corrected chi connectivity index (χ1v) is 11.3. The number of piperidine rings is 1. The molecule has 1 saturated heterocycles. The average Bonchev–Trinajstić information content (AvgIpc) is 3.31. The number of hydrogen-bond acceptors (Lipinski definition) is 4. The van der Waals surface area contributed by atoms with Gasteiger partial charge in [0.25, 0.3) is 0 Å². The second kappa shape index (κ2) is 8.01. The molecule has 0 aliphatic carbocycles. The molecule has 1 fully saturated rings. The van der Waals surface area contributed by atoms with Crippen molar-refractivity contribution < 1.29 is 0 Å². The van der Waals surface area contributed by atoms with E-state index < -0.39 is 0 Å². The second-order valence-corrected chi connectivity index (χ2v) is 9.29.